The van der Waals surface area contributed by atoms with Crippen LogP contribution in [-0.2, 0) is 4.74 Å². The molecule has 0 aromatic heterocycles. The van der Waals surface area contributed by atoms with Crippen LogP contribution in [0.2, 0.25) is 5.02 Å². The van der Waals surface area contributed by atoms with Gasteiger partial charge in [-0.05, 0) is 54.8 Å². The number of ether oxygens (including phenoxy) is 1. The molecule has 2 aromatic carbocycles. The number of benzene rings is 2. The van der Waals surface area contributed by atoms with Gasteiger partial charge in [-0.3, -0.25) is 4.79 Å². The Morgan fingerprint density at radius 2 is 2.00 bits per heavy atom. The molecule has 1 saturated heterocycles. The maximum Gasteiger partial charge on any atom is 0.321 e. The number of anilines is 1. The molecule has 2 aromatic rings. The van der Waals surface area contributed by atoms with Gasteiger partial charge in [0.15, 0.2) is 0 Å². The van der Waals surface area contributed by atoms with Crippen molar-refractivity contribution >= 4 is 29.2 Å². The van der Waals surface area contributed by atoms with E-state index in [2.05, 4.69) is 10.6 Å². The maximum atomic E-state index is 12.7. The normalized spacial score (nSPS) is 16.3. The Bertz CT molecular complexity index is 841. The Morgan fingerprint density at radius 3 is 2.76 bits per heavy atom. The van der Waals surface area contributed by atoms with Crippen molar-refractivity contribution in [3.63, 3.8) is 0 Å². The molecule has 0 bridgehead atoms. The van der Waals surface area contributed by atoms with Crippen molar-refractivity contribution in [1.29, 1.82) is 0 Å². The molecule has 0 saturated carbocycles. The van der Waals surface area contributed by atoms with Gasteiger partial charge in [-0.1, -0.05) is 23.7 Å². The van der Waals surface area contributed by atoms with Gasteiger partial charge in [0, 0.05) is 48.9 Å². The van der Waals surface area contributed by atoms with E-state index in [0.29, 0.717) is 36.8 Å². The summed E-state index contributed by atoms with van der Waals surface area (Å²) in [6.07, 6.45) is 1.91. The molecule has 1 heterocycles. The van der Waals surface area contributed by atoms with Gasteiger partial charge in [-0.25, -0.2) is 4.79 Å². The first-order chi connectivity index (χ1) is 14.1. The number of urea groups is 1. The SMILES string of the molecule is COCCNC(=O)c1cccc([C@@H]2CCCN(C(=O)Nc3ccc(Cl)cc3)C2)c1. The fraction of sp³-hybridized carbons (Fsp3) is 0.364. The highest BCUT2D eigenvalue weighted by Crippen LogP contribution is 2.28. The van der Waals surface area contributed by atoms with E-state index in [-0.39, 0.29) is 17.9 Å². The van der Waals surface area contributed by atoms with E-state index in [1.165, 1.54) is 0 Å². The summed E-state index contributed by atoms with van der Waals surface area (Å²) < 4.78 is 4.96. The summed E-state index contributed by atoms with van der Waals surface area (Å²) in [6, 6.07) is 14.6. The van der Waals surface area contributed by atoms with E-state index in [1.54, 1.807) is 37.4 Å². The summed E-state index contributed by atoms with van der Waals surface area (Å²) in [5.74, 6) is 0.0866. The second-order valence-corrected chi connectivity index (χ2v) is 7.53. The number of hydrogen-bond acceptors (Lipinski definition) is 3. The third-order valence-electron chi connectivity index (χ3n) is 5.02. The summed E-state index contributed by atoms with van der Waals surface area (Å²) in [6.45, 7) is 2.29. The van der Waals surface area contributed by atoms with Crippen molar-refractivity contribution in [1.82, 2.24) is 10.2 Å². The monoisotopic (exact) mass is 415 g/mol. The molecule has 29 heavy (non-hydrogen) atoms. The minimum atomic E-state index is -0.120. The molecule has 1 aliphatic heterocycles. The van der Waals surface area contributed by atoms with Gasteiger partial charge >= 0.3 is 6.03 Å². The van der Waals surface area contributed by atoms with Gasteiger partial charge < -0.3 is 20.3 Å². The van der Waals surface area contributed by atoms with Crippen LogP contribution in [-0.4, -0.2) is 50.2 Å². The van der Waals surface area contributed by atoms with Crippen LogP contribution >= 0.6 is 11.6 Å². The van der Waals surface area contributed by atoms with Gasteiger partial charge in [0.1, 0.15) is 0 Å². The number of carbonyl (C=O) groups excluding carboxylic acids is 2. The number of likely N-dealkylation sites (tertiary alicyclic amines) is 1. The third kappa shape index (κ3) is 5.95. The number of amides is 3. The predicted molar refractivity (Wildman–Crippen MR) is 115 cm³/mol. The van der Waals surface area contributed by atoms with Crippen LogP contribution < -0.4 is 10.6 Å². The molecule has 1 atom stereocenters. The summed E-state index contributed by atoms with van der Waals surface area (Å²) in [5.41, 5.74) is 2.42. The van der Waals surface area contributed by atoms with E-state index in [1.807, 2.05) is 23.1 Å². The van der Waals surface area contributed by atoms with Crippen LogP contribution in [0.4, 0.5) is 10.5 Å². The van der Waals surface area contributed by atoms with Crippen LogP contribution in [0.5, 0.6) is 0 Å². The topological polar surface area (TPSA) is 70.7 Å². The van der Waals surface area contributed by atoms with Crippen molar-refractivity contribution in [2.45, 2.75) is 18.8 Å². The van der Waals surface area contributed by atoms with E-state index < -0.39 is 0 Å². The Morgan fingerprint density at radius 1 is 1.21 bits per heavy atom. The molecule has 0 spiro atoms. The van der Waals surface area contributed by atoms with Crippen molar-refractivity contribution in [2.75, 3.05) is 38.7 Å². The highest BCUT2D eigenvalue weighted by atomic mass is 35.5. The first-order valence-electron chi connectivity index (χ1n) is 9.75. The third-order valence-corrected chi connectivity index (χ3v) is 5.27. The fourth-order valence-corrected chi connectivity index (χ4v) is 3.60. The molecule has 0 aliphatic carbocycles. The van der Waals surface area contributed by atoms with Crippen LogP contribution in [0, 0.1) is 0 Å². The quantitative estimate of drug-likeness (QED) is 0.697. The molecule has 6 nitrogen and oxygen atoms in total. The minimum Gasteiger partial charge on any atom is -0.383 e. The number of carbonyl (C=O) groups is 2. The number of halogens is 1. The lowest BCUT2D eigenvalue weighted by Gasteiger charge is -2.33. The number of rotatable bonds is 6. The van der Waals surface area contributed by atoms with Gasteiger partial charge in [-0.15, -0.1) is 0 Å². The van der Waals surface area contributed by atoms with Crippen molar-refractivity contribution in [3.8, 4) is 0 Å². The van der Waals surface area contributed by atoms with Gasteiger partial charge in [0.2, 0.25) is 0 Å². The largest absolute Gasteiger partial charge is 0.383 e. The first kappa shape index (κ1) is 21.1. The number of piperidine rings is 1. The second-order valence-electron chi connectivity index (χ2n) is 7.10. The maximum absolute atomic E-state index is 12.7. The lowest BCUT2D eigenvalue weighted by atomic mass is 9.89. The van der Waals surface area contributed by atoms with Crippen molar-refractivity contribution in [2.24, 2.45) is 0 Å². The average Bonchev–Trinajstić information content (AvgIpc) is 2.75. The highest BCUT2D eigenvalue weighted by Gasteiger charge is 2.25. The smallest absolute Gasteiger partial charge is 0.321 e. The zero-order valence-corrected chi connectivity index (χ0v) is 17.2. The molecular weight excluding hydrogens is 390 g/mol. The van der Waals surface area contributed by atoms with E-state index in [9.17, 15) is 9.59 Å². The first-order valence-corrected chi connectivity index (χ1v) is 10.1. The second kappa shape index (κ2) is 10.3. The van der Waals surface area contributed by atoms with E-state index in [0.717, 1.165) is 24.1 Å². The molecule has 154 valence electrons. The summed E-state index contributed by atoms with van der Waals surface area (Å²) in [5, 5.41) is 6.39. The number of methoxy groups -OCH3 is 1. The predicted octanol–water partition coefficient (Wildman–Crippen LogP) is 4.13. The number of hydrogen-bond donors (Lipinski definition) is 2. The number of nitrogens with zero attached hydrogens (tertiary/aromatic N) is 1. The summed E-state index contributed by atoms with van der Waals surface area (Å²) in [4.78, 5) is 26.8. The zero-order valence-electron chi connectivity index (χ0n) is 16.5. The molecule has 3 rings (SSSR count). The number of nitrogens with one attached hydrogen (secondary N) is 2. The van der Waals surface area contributed by atoms with Crippen LogP contribution in [0.3, 0.4) is 0 Å². The van der Waals surface area contributed by atoms with Crippen LogP contribution in [0.25, 0.3) is 0 Å². The summed E-state index contributed by atoms with van der Waals surface area (Å²) >= 11 is 5.90. The van der Waals surface area contributed by atoms with Gasteiger partial charge in [0.05, 0.1) is 6.61 Å². The molecule has 7 heteroatoms. The van der Waals surface area contributed by atoms with E-state index in [4.69, 9.17) is 16.3 Å². The van der Waals surface area contributed by atoms with Crippen molar-refractivity contribution in [3.05, 3.63) is 64.7 Å². The zero-order chi connectivity index (χ0) is 20.6. The lowest BCUT2D eigenvalue weighted by Crippen LogP contribution is -2.41. The molecule has 1 aliphatic rings. The average molecular weight is 416 g/mol. The highest BCUT2D eigenvalue weighted by molar-refractivity contribution is 6.30. The van der Waals surface area contributed by atoms with Crippen LogP contribution in [0.15, 0.2) is 48.5 Å². The van der Waals surface area contributed by atoms with Gasteiger partial charge in [-0.2, -0.15) is 0 Å². The fourth-order valence-electron chi connectivity index (χ4n) is 3.47. The Labute approximate surface area is 176 Å². The molecule has 0 radical (unpaired) electrons. The Kier molecular flexibility index (Phi) is 7.49. The standard InChI is InChI=1S/C22H26ClN3O3/c1-29-13-11-24-21(27)17-5-2-4-16(14-17)18-6-3-12-26(15-18)22(28)25-20-9-7-19(23)8-10-20/h2,4-5,7-10,14,18H,3,6,11-13,15H2,1H3,(H,24,27)(H,25,28)/t18-/m1/s1. The minimum absolute atomic E-state index is 0.114. The van der Waals surface area contributed by atoms with Crippen molar-refractivity contribution < 1.29 is 14.3 Å². The molecule has 1 fully saturated rings. The summed E-state index contributed by atoms with van der Waals surface area (Å²) in [7, 11) is 1.60. The van der Waals surface area contributed by atoms with Gasteiger partial charge in [0.25, 0.3) is 5.91 Å². The lowest BCUT2D eigenvalue weighted by molar-refractivity contribution is 0.0937. The van der Waals surface area contributed by atoms with Crippen LogP contribution in [0.1, 0.15) is 34.7 Å². The Hall–Kier alpha value is -2.57. The Balaban J connectivity index is 1.62. The molecule has 2 N–H and O–H groups in total. The van der Waals surface area contributed by atoms with E-state index >= 15 is 0 Å². The molecule has 0 unspecified atom stereocenters. The molecule has 3 amide bonds. The molecular formula is C22H26ClN3O3.